The van der Waals surface area contributed by atoms with E-state index in [1.165, 1.54) is 0 Å². The highest BCUT2D eigenvalue weighted by Gasteiger charge is 2.03. The summed E-state index contributed by atoms with van der Waals surface area (Å²) in [5.41, 5.74) is 5.26. The average Bonchev–Trinajstić information content (AvgIpc) is 2.71. The summed E-state index contributed by atoms with van der Waals surface area (Å²) in [7, 11) is 3.97. The molecule has 0 unspecified atom stereocenters. The zero-order valence-corrected chi connectivity index (χ0v) is 16.5. The Morgan fingerprint density at radius 3 is 2.36 bits per heavy atom. The third-order valence-corrected chi connectivity index (χ3v) is 4.21. The molecule has 0 fully saturated rings. The van der Waals surface area contributed by atoms with Crippen LogP contribution in [0.25, 0.3) is 0 Å². The zero-order valence-electron chi connectivity index (χ0n) is 16.5. The lowest BCUT2D eigenvalue weighted by molar-refractivity contribution is -0.121. The number of carbonyl (C=O) groups excluding carboxylic acids is 2. The fraction of sp³-hybridized carbons (Fsp3) is 0.318. The molecule has 2 amide bonds. The Morgan fingerprint density at radius 2 is 1.68 bits per heavy atom. The van der Waals surface area contributed by atoms with Crippen LogP contribution in [0.5, 0.6) is 0 Å². The van der Waals surface area contributed by atoms with Gasteiger partial charge >= 0.3 is 0 Å². The first-order chi connectivity index (χ1) is 13.6. The zero-order chi connectivity index (χ0) is 20.2. The van der Waals surface area contributed by atoms with Crippen LogP contribution in [0.4, 0.5) is 5.69 Å². The molecule has 0 spiro atoms. The van der Waals surface area contributed by atoms with Gasteiger partial charge in [-0.3, -0.25) is 9.59 Å². The highest BCUT2D eigenvalue weighted by Crippen LogP contribution is 2.10. The van der Waals surface area contributed by atoms with Crippen molar-refractivity contribution in [2.45, 2.75) is 25.7 Å². The predicted octanol–water partition coefficient (Wildman–Crippen LogP) is 3.19. The van der Waals surface area contributed by atoms with Crippen LogP contribution in [0.2, 0.25) is 0 Å². The van der Waals surface area contributed by atoms with Crippen molar-refractivity contribution in [1.29, 1.82) is 0 Å². The van der Waals surface area contributed by atoms with Crippen molar-refractivity contribution in [1.82, 2.24) is 10.7 Å². The molecule has 2 rings (SSSR count). The van der Waals surface area contributed by atoms with Gasteiger partial charge in [-0.05, 0) is 42.7 Å². The van der Waals surface area contributed by atoms with E-state index in [0.29, 0.717) is 18.5 Å². The smallest absolute Gasteiger partial charge is 0.251 e. The lowest BCUT2D eigenvalue weighted by atomic mass is 10.2. The Bertz CT molecular complexity index is 771. The van der Waals surface area contributed by atoms with Crippen molar-refractivity contribution in [3.63, 3.8) is 0 Å². The molecule has 0 heterocycles. The number of hydrazone groups is 1. The summed E-state index contributed by atoms with van der Waals surface area (Å²) >= 11 is 0. The summed E-state index contributed by atoms with van der Waals surface area (Å²) in [4.78, 5) is 25.7. The molecular weight excluding hydrogens is 352 g/mol. The Hall–Kier alpha value is -3.15. The SMILES string of the molecule is CN(C)c1ccc(/C=N\NC(=O)CCCCCNC(=O)c2ccccc2)cc1. The number of nitrogens with one attached hydrogen (secondary N) is 2. The minimum Gasteiger partial charge on any atom is -0.378 e. The van der Waals surface area contributed by atoms with Crippen molar-refractivity contribution >= 4 is 23.7 Å². The van der Waals surface area contributed by atoms with E-state index < -0.39 is 0 Å². The molecule has 6 heteroatoms. The first-order valence-corrected chi connectivity index (χ1v) is 9.49. The van der Waals surface area contributed by atoms with E-state index in [1.807, 2.05) is 61.5 Å². The quantitative estimate of drug-likeness (QED) is 0.378. The predicted molar refractivity (Wildman–Crippen MR) is 114 cm³/mol. The monoisotopic (exact) mass is 380 g/mol. The van der Waals surface area contributed by atoms with Crippen LogP contribution in [0.15, 0.2) is 59.7 Å². The normalized spacial score (nSPS) is 10.6. The van der Waals surface area contributed by atoms with Crippen molar-refractivity contribution in [3.8, 4) is 0 Å². The van der Waals surface area contributed by atoms with E-state index in [-0.39, 0.29) is 11.8 Å². The molecule has 0 aliphatic carbocycles. The lowest BCUT2D eigenvalue weighted by Gasteiger charge is -2.11. The molecule has 28 heavy (non-hydrogen) atoms. The van der Waals surface area contributed by atoms with Crippen LogP contribution in [-0.4, -0.2) is 38.7 Å². The van der Waals surface area contributed by atoms with Gasteiger partial charge in [0.15, 0.2) is 0 Å². The second kappa shape index (κ2) is 11.5. The number of benzene rings is 2. The van der Waals surface area contributed by atoms with Gasteiger partial charge in [0.05, 0.1) is 6.21 Å². The van der Waals surface area contributed by atoms with Gasteiger partial charge in [0.25, 0.3) is 5.91 Å². The maximum Gasteiger partial charge on any atom is 0.251 e. The van der Waals surface area contributed by atoms with Crippen molar-refractivity contribution in [2.24, 2.45) is 5.10 Å². The Kier molecular flexibility index (Phi) is 8.72. The highest BCUT2D eigenvalue weighted by molar-refractivity contribution is 5.94. The molecule has 0 radical (unpaired) electrons. The molecule has 2 N–H and O–H groups in total. The molecule has 2 aromatic carbocycles. The maximum atomic E-state index is 11.9. The summed E-state index contributed by atoms with van der Waals surface area (Å²) < 4.78 is 0. The van der Waals surface area contributed by atoms with Crippen LogP contribution in [-0.2, 0) is 4.79 Å². The van der Waals surface area contributed by atoms with Crippen LogP contribution in [0.1, 0.15) is 41.6 Å². The average molecular weight is 380 g/mol. The van der Waals surface area contributed by atoms with E-state index >= 15 is 0 Å². The van der Waals surface area contributed by atoms with Gasteiger partial charge < -0.3 is 10.2 Å². The minimum atomic E-state index is -0.102. The minimum absolute atomic E-state index is 0.0636. The van der Waals surface area contributed by atoms with Crippen LogP contribution in [0, 0.1) is 0 Å². The van der Waals surface area contributed by atoms with Gasteiger partial charge in [-0.15, -0.1) is 0 Å². The highest BCUT2D eigenvalue weighted by atomic mass is 16.2. The molecular formula is C22H28N4O2. The van der Waals surface area contributed by atoms with Crippen LogP contribution >= 0.6 is 0 Å². The van der Waals surface area contributed by atoms with Gasteiger partial charge in [0, 0.05) is 38.3 Å². The second-order valence-corrected chi connectivity index (χ2v) is 6.71. The van der Waals surface area contributed by atoms with Crippen LogP contribution in [0.3, 0.4) is 0 Å². The molecule has 0 aliphatic heterocycles. The Morgan fingerprint density at radius 1 is 0.964 bits per heavy atom. The van der Waals surface area contributed by atoms with Gasteiger partial charge in [-0.1, -0.05) is 36.8 Å². The van der Waals surface area contributed by atoms with E-state index in [2.05, 4.69) is 15.8 Å². The first kappa shape index (κ1) is 21.2. The van der Waals surface area contributed by atoms with Gasteiger partial charge in [0.2, 0.25) is 5.91 Å². The van der Waals surface area contributed by atoms with E-state index in [1.54, 1.807) is 18.3 Å². The van der Waals surface area contributed by atoms with E-state index in [0.717, 1.165) is 30.5 Å². The third kappa shape index (κ3) is 7.61. The molecule has 0 aliphatic rings. The van der Waals surface area contributed by atoms with E-state index in [9.17, 15) is 9.59 Å². The molecule has 6 nitrogen and oxygen atoms in total. The number of amides is 2. The lowest BCUT2D eigenvalue weighted by Crippen LogP contribution is -2.24. The second-order valence-electron chi connectivity index (χ2n) is 6.71. The first-order valence-electron chi connectivity index (χ1n) is 9.49. The number of anilines is 1. The van der Waals surface area contributed by atoms with Crippen molar-refractivity contribution in [3.05, 3.63) is 65.7 Å². The number of carbonyl (C=O) groups is 2. The molecule has 148 valence electrons. The standard InChI is InChI=1S/C22H28N4O2/c1-26(2)20-14-12-18(13-15-20)17-24-25-21(27)11-7-4-8-16-23-22(28)19-9-5-3-6-10-19/h3,5-6,9-10,12-15,17H,4,7-8,11,16H2,1-2H3,(H,23,28)(H,25,27)/b24-17-. The number of nitrogens with zero attached hydrogens (tertiary/aromatic N) is 2. The maximum absolute atomic E-state index is 11.9. The van der Waals surface area contributed by atoms with Gasteiger partial charge in [-0.2, -0.15) is 5.10 Å². The Balaban J connectivity index is 1.55. The summed E-state index contributed by atoms with van der Waals surface area (Å²) in [5.74, 6) is -0.166. The summed E-state index contributed by atoms with van der Waals surface area (Å²) in [6.07, 6.45) is 4.53. The molecule has 0 aromatic heterocycles. The van der Waals surface area contributed by atoms with Crippen molar-refractivity contribution < 1.29 is 9.59 Å². The molecule has 0 saturated heterocycles. The molecule has 2 aromatic rings. The van der Waals surface area contributed by atoms with Crippen molar-refractivity contribution in [2.75, 3.05) is 25.5 Å². The topological polar surface area (TPSA) is 73.8 Å². The summed E-state index contributed by atoms with van der Waals surface area (Å²) in [6, 6.07) is 17.0. The van der Waals surface area contributed by atoms with Gasteiger partial charge in [-0.25, -0.2) is 5.43 Å². The molecule has 0 atom stereocenters. The summed E-state index contributed by atoms with van der Waals surface area (Å²) in [6.45, 7) is 0.608. The summed E-state index contributed by atoms with van der Waals surface area (Å²) in [5, 5.41) is 6.88. The third-order valence-electron chi connectivity index (χ3n) is 4.21. The Labute approximate surface area is 166 Å². The number of rotatable bonds is 10. The molecule has 0 saturated carbocycles. The fourth-order valence-electron chi connectivity index (χ4n) is 2.57. The molecule has 0 bridgehead atoms. The van der Waals surface area contributed by atoms with Gasteiger partial charge in [0.1, 0.15) is 0 Å². The fourth-order valence-corrected chi connectivity index (χ4v) is 2.57. The number of unbranched alkanes of at least 4 members (excludes halogenated alkanes) is 2. The number of hydrogen-bond acceptors (Lipinski definition) is 4. The largest absolute Gasteiger partial charge is 0.378 e. The van der Waals surface area contributed by atoms with E-state index in [4.69, 9.17) is 0 Å². The van der Waals surface area contributed by atoms with Crippen LogP contribution < -0.4 is 15.6 Å². The number of hydrogen-bond donors (Lipinski definition) is 2.